The maximum Gasteiger partial charge on any atom is 0.223 e. The summed E-state index contributed by atoms with van der Waals surface area (Å²) in [4.78, 5) is 10.2. The molecule has 0 bridgehead atoms. The van der Waals surface area contributed by atoms with Crippen LogP contribution in [0.1, 0.15) is 6.42 Å². The van der Waals surface area contributed by atoms with Crippen LogP contribution in [-0.2, 0) is 0 Å². The van der Waals surface area contributed by atoms with Crippen molar-refractivity contribution in [2.45, 2.75) is 6.42 Å². The maximum atomic E-state index is 5.95. The summed E-state index contributed by atoms with van der Waals surface area (Å²) in [6.07, 6.45) is 0.899. The number of hydrogen-bond acceptors (Lipinski definition) is 5. The van der Waals surface area contributed by atoms with Crippen molar-refractivity contribution >= 4 is 29.1 Å². The van der Waals surface area contributed by atoms with Crippen molar-refractivity contribution in [2.24, 2.45) is 0 Å². The van der Waals surface area contributed by atoms with Crippen LogP contribution in [0, 0.1) is 0 Å². The molecule has 2 N–H and O–H groups in total. The Balaban J connectivity index is 2.09. The van der Waals surface area contributed by atoms with Gasteiger partial charge in [-0.1, -0.05) is 23.7 Å². The van der Waals surface area contributed by atoms with E-state index in [0.717, 1.165) is 24.4 Å². The first kappa shape index (κ1) is 12.0. The summed E-state index contributed by atoms with van der Waals surface area (Å²) in [5, 5.41) is 0.338. The van der Waals surface area contributed by atoms with Gasteiger partial charge in [-0.2, -0.15) is 4.98 Å². The number of halogens is 1. The number of rotatable bonds is 1. The molecule has 3 rings (SSSR count). The van der Waals surface area contributed by atoms with Gasteiger partial charge in [0, 0.05) is 12.6 Å². The zero-order valence-corrected chi connectivity index (χ0v) is 11.0. The molecule has 0 spiro atoms. The summed E-state index contributed by atoms with van der Waals surface area (Å²) >= 11 is 5.95. The first-order valence-corrected chi connectivity index (χ1v) is 6.41. The molecule has 0 aliphatic carbocycles. The van der Waals surface area contributed by atoms with Gasteiger partial charge in [-0.3, -0.25) is 0 Å². The first-order chi connectivity index (χ1) is 9.24. The smallest absolute Gasteiger partial charge is 0.223 e. The molecular formula is C13H13ClN4O. The quantitative estimate of drug-likeness (QED) is 0.811. The predicted molar refractivity (Wildman–Crippen MR) is 75.0 cm³/mol. The second-order valence-corrected chi connectivity index (χ2v) is 4.62. The Morgan fingerprint density at radius 2 is 2.11 bits per heavy atom. The van der Waals surface area contributed by atoms with Crippen molar-refractivity contribution in [1.29, 1.82) is 0 Å². The normalized spacial score (nSPS) is 14.5. The van der Waals surface area contributed by atoms with E-state index in [1.807, 2.05) is 29.2 Å². The minimum absolute atomic E-state index is 0.171. The van der Waals surface area contributed by atoms with E-state index in [2.05, 4.69) is 9.97 Å². The number of para-hydroxylation sites is 2. The summed E-state index contributed by atoms with van der Waals surface area (Å²) in [7, 11) is 0. The average molecular weight is 277 g/mol. The van der Waals surface area contributed by atoms with Crippen LogP contribution in [0.4, 0.5) is 17.5 Å². The molecule has 0 amide bonds. The van der Waals surface area contributed by atoms with Gasteiger partial charge in [0.1, 0.15) is 16.7 Å². The number of ether oxygens (including phenoxy) is 1. The molecule has 19 heavy (non-hydrogen) atoms. The molecule has 1 aromatic carbocycles. The van der Waals surface area contributed by atoms with Crippen LogP contribution in [0.5, 0.6) is 5.75 Å². The highest BCUT2D eigenvalue weighted by molar-refractivity contribution is 6.29. The van der Waals surface area contributed by atoms with Crippen LogP contribution in [0.2, 0.25) is 5.15 Å². The van der Waals surface area contributed by atoms with Crippen LogP contribution in [0.3, 0.4) is 0 Å². The van der Waals surface area contributed by atoms with Crippen LogP contribution >= 0.6 is 11.6 Å². The summed E-state index contributed by atoms with van der Waals surface area (Å²) in [6.45, 7) is 1.48. The summed E-state index contributed by atoms with van der Waals surface area (Å²) in [5.74, 6) is 1.70. The van der Waals surface area contributed by atoms with Gasteiger partial charge >= 0.3 is 0 Å². The first-order valence-electron chi connectivity index (χ1n) is 6.03. The number of fused-ring (bicyclic) bond motifs is 1. The van der Waals surface area contributed by atoms with E-state index in [4.69, 9.17) is 22.1 Å². The number of aromatic nitrogens is 2. The van der Waals surface area contributed by atoms with Gasteiger partial charge in [0.15, 0.2) is 0 Å². The van der Waals surface area contributed by atoms with Gasteiger partial charge in [-0.05, 0) is 18.6 Å². The van der Waals surface area contributed by atoms with Crippen molar-refractivity contribution in [2.75, 3.05) is 23.8 Å². The Kier molecular flexibility index (Phi) is 3.13. The van der Waals surface area contributed by atoms with E-state index in [1.54, 1.807) is 6.07 Å². The highest BCUT2D eigenvalue weighted by Crippen LogP contribution is 2.35. The maximum absolute atomic E-state index is 5.95. The van der Waals surface area contributed by atoms with Crippen molar-refractivity contribution in [3.63, 3.8) is 0 Å². The largest absolute Gasteiger partial charge is 0.491 e. The van der Waals surface area contributed by atoms with E-state index in [1.165, 1.54) is 0 Å². The lowest BCUT2D eigenvalue weighted by Crippen LogP contribution is -2.19. The van der Waals surface area contributed by atoms with E-state index < -0.39 is 0 Å². The predicted octanol–water partition coefficient (Wildman–Crippen LogP) is 2.63. The molecule has 1 aliphatic heterocycles. The summed E-state index contributed by atoms with van der Waals surface area (Å²) in [5.41, 5.74) is 6.63. The van der Waals surface area contributed by atoms with Crippen molar-refractivity contribution in [3.8, 4) is 5.75 Å². The fourth-order valence-corrected chi connectivity index (χ4v) is 2.31. The molecule has 98 valence electrons. The fraction of sp³-hybridized carbons (Fsp3) is 0.231. The molecule has 0 radical (unpaired) electrons. The highest BCUT2D eigenvalue weighted by atomic mass is 35.5. The standard InChI is InChI=1S/C13H13ClN4O/c14-11-8-12(17-13(15)16-11)18-6-3-7-19-10-5-2-1-4-9(10)18/h1-2,4-5,8H,3,6-7H2,(H2,15,16,17). The topological polar surface area (TPSA) is 64.3 Å². The third-order valence-electron chi connectivity index (χ3n) is 2.91. The summed E-state index contributed by atoms with van der Waals surface area (Å²) in [6, 6.07) is 9.56. The zero-order valence-electron chi connectivity index (χ0n) is 10.2. The number of nitrogens with two attached hydrogens (primary N) is 1. The second-order valence-electron chi connectivity index (χ2n) is 4.23. The molecule has 5 nitrogen and oxygen atoms in total. The SMILES string of the molecule is Nc1nc(Cl)cc(N2CCCOc3ccccc32)n1. The van der Waals surface area contributed by atoms with Crippen LogP contribution in [-0.4, -0.2) is 23.1 Å². The molecule has 0 saturated heterocycles. The third kappa shape index (κ3) is 2.42. The number of anilines is 3. The van der Waals surface area contributed by atoms with Crippen LogP contribution in [0.15, 0.2) is 30.3 Å². The Hall–Kier alpha value is -2.01. The van der Waals surface area contributed by atoms with Gasteiger partial charge in [0.25, 0.3) is 0 Å². The molecule has 1 aromatic heterocycles. The molecule has 6 heteroatoms. The Morgan fingerprint density at radius 1 is 1.26 bits per heavy atom. The fourth-order valence-electron chi connectivity index (χ4n) is 2.13. The lowest BCUT2D eigenvalue weighted by Gasteiger charge is -2.22. The van der Waals surface area contributed by atoms with Gasteiger partial charge in [-0.15, -0.1) is 0 Å². The number of nitrogen functional groups attached to an aromatic ring is 1. The molecule has 0 unspecified atom stereocenters. The van der Waals surface area contributed by atoms with E-state index in [9.17, 15) is 0 Å². The Labute approximate surface area is 116 Å². The molecule has 1 aliphatic rings. The monoisotopic (exact) mass is 276 g/mol. The van der Waals surface area contributed by atoms with Gasteiger partial charge < -0.3 is 15.4 Å². The van der Waals surface area contributed by atoms with Gasteiger partial charge in [0.05, 0.1) is 12.3 Å². The molecular weight excluding hydrogens is 264 g/mol. The molecule has 0 fully saturated rings. The lowest BCUT2D eigenvalue weighted by molar-refractivity contribution is 0.322. The highest BCUT2D eigenvalue weighted by Gasteiger charge is 2.19. The number of benzene rings is 1. The van der Waals surface area contributed by atoms with Gasteiger partial charge in [-0.25, -0.2) is 4.98 Å². The Bertz CT molecular complexity index is 585. The molecule has 0 saturated carbocycles. The number of hydrogen-bond donors (Lipinski definition) is 1. The van der Waals surface area contributed by atoms with Crippen molar-refractivity contribution in [1.82, 2.24) is 9.97 Å². The minimum Gasteiger partial charge on any atom is -0.491 e. The average Bonchev–Trinajstić information content (AvgIpc) is 2.59. The van der Waals surface area contributed by atoms with Crippen LogP contribution < -0.4 is 15.4 Å². The van der Waals surface area contributed by atoms with Gasteiger partial charge in [0.2, 0.25) is 5.95 Å². The number of nitrogens with zero attached hydrogens (tertiary/aromatic N) is 3. The third-order valence-corrected chi connectivity index (χ3v) is 3.11. The Morgan fingerprint density at radius 3 is 2.95 bits per heavy atom. The zero-order chi connectivity index (χ0) is 13.2. The molecule has 0 atom stereocenters. The van der Waals surface area contributed by atoms with Crippen molar-refractivity contribution in [3.05, 3.63) is 35.5 Å². The van der Waals surface area contributed by atoms with Crippen LogP contribution in [0.25, 0.3) is 0 Å². The minimum atomic E-state index is 0.171. The molecule has 2 aromatic rings. The second kappa shape index (κ2) is 4.93. The van der Waals surface area contributed by atoms with E-state index in [0.29, 0.717) is 17.6 Å². The lowest BCUT2D eigenvalue weighted by atomic mass is 10.2. The summed E-state index contributed by atoms with van der Waals surface area (Å²) < 4.78 is 5.71. The molecule has 2 heterocycles. The van der Waals surface area contributed by atoms with E-state index in [-0.39, 0.29) is 5.95 Å². The van der Waals surface area contributed by atoms with E-state index >= 15 is 0 Å². The van der Waals surface area contributed by atoms with Crippen molar-refractivity contribution < 1.29 is 4.74 Å².